The maximum atomic E-state index is 12.8. The zero-order chi connectivity index (χ0) is 24.3. The molecule has 1 saturated heterocycles. The number of benzene rings is 1. The number of hydrogen-bond acceptors (Lipinski definition) is 5. The maximum Gasteiger partial charge on any atom is 0.237 e. The summed E-state index contributed by atoms with van der Waals surface area (Å²) >= 11 is 0. The Kier molecular flexibility index (Phi) is 7.24. The highest BCUT2D eigenvalue weighted by atomic mass is 16.5. The number of aryl methyl sites for hydroxylation is 1. The number of fused-ring (bicyclic) bond motifs is 1. The van der Waals surface area contributed by atoms with E-state index in [1.165, 1.54) is 11.1 Å². The van der Waals surface area contributed by atoms with E-state index in [2.05, 4.69) is 55.9 Å². The van der Waals surface area contributed by atoms with E-state index in [9.17, 15) is 4.79 Å². The van der Waals surface area contributed by atoms with Gasteiger partial charge in [-0.2, -0.15) is 5.10 Å². The van der Waals surface area contributed by atoms with E-state index in [0.717, 1.165) is 42.0 Å². The topological polar surface area (TPSA) is 59.3 Å². The van der Waals surface area contributed by atoms with Gasteiger partial charge in [-0.1, -0.05) is 39.0 Å². The highest BCUT2D eigenvalue weighted by Crippen LogP contribution is 2.29. The van der Waals surface area contributed by atoms with Crippen molar-refractivity contribution in [3.05, 3.63) is 53.9 Å². The van der Waals surface area contributed by atoms with Crippen LogP contribution in [0.2, 0.25) is 0 Å². The Bertz CT molecular complexity index is 1150. The van der Waals surface area contributed by atoms with Gasteiger partial charge in [-0.3, -0.25) is 9.69 Å². The molecule has 4 rings (SSSR count). The summed E-state index contributed by atoms with van der Waals surface area (Å²) in [5, 5.41) is 4.43. The molecule has 0 radical (unpaired) electrons. The predicted octanol–water partition coefficient (Wildman–Crippen LogP) is 4.03. The molecule has 1 aromatic carbocycles. The van der Waals surface area contributed by atoms with Crippen molar-refractivity contribution < 1.29 is 14.3 Å². The first-order valence-electron chi connectivity index (χ1n) is 11.9. The van der Waals surface area contributed by atoms with Crippen LogP contribution in [0.25, 0.3) is 16.6 Å². The van der Waals surface area contributed by atoms with E-state index in [-0.39, 0.29) is 11.3 Å². The minimum Gasteiger partial charge on any atom is -0.489 e. The molecule has 1 fully saturated rings. The van der Waals surface area contributed by atoms with Crippen molar-refractivity contribution in [1.82, 2.24) is 19.4 Å². The fourth-order valence-electron chi connectivity index (χ4n) is 4.53. The molecule has 0 bridgehead atoms. The third-order valence-corrected chi connectivity index (χ3v) is 6.15. The zero-order valence-corrected chi connectivity index (χ0v) is 21.0. The van der Waals surface area contributed by atoms with E-state index >= 15 is 0 Å². The number of amides is 1. The van der Waals surface area contributed by atoms with Crippen molar-refractivity contribution in [2.75, 3.05) is 46.5 Å². The average Bonchev–Trinajstić information content (AvgIpc) is 3.19. The highest BCUT2D eigenvalue weighted by Gasteiger charge is 2.27. The summed E-state index contributed by atoms with van der Waals surface area (Å²) in [6.45, 7) is 13.6. The van der Waals surface area contributed by atoms with Gasteiger partial charge in [0.25, 0.3) is 0 Å². The van der Waals surface area contributed by atoms with Gasteiger partial charge in [0.05, 0.1) is 24.9 Å². The first-order valence-corrected chi connectivity index (χ1v) is 11.9. The zero-order valence-electron chi connectivity index (χ0n) is 21.0. The number of aromatic nitrogens is 2. The Morgan fingerprint density at radius 2 is 1.91 bits per heavy atom. The SMILES string of the molecule is COCCOc1cc2c(-c3ccc(CN4CCN(CC(C)(C)C)CC4=O)c(C)c3)ccnn2c1. The van der Waals surface area contributed by atoms with Crippen LogP contribution >= 0.6 is 0 Å². The fraction of sp³-hybridized carbons (Fsp3) is 0.481. The Morgan fingerprint density at radius 3 is 2.62 bits per heavy atom. The third-order valence-electron chi connectivity index (χ3n) is 6.15. The fourth-order valence-corrected chi connectivity index (χ4v) is 4.53. The third kappa shape index (κ3) is 5.77. The molecular weight excluding hydrogens is 428 g/mol. The molecule has 0 spiro atoms. The van der Waals surface area contributed by atoms with Crippen LogP contribution in [0.15, 0.2) is 42.7 Å². The van der Waals surface area contributed by atoms with Gasteiger partial charge in [-0.05, 0) is 35.1 Å². The smallest absolute Gasteiger partial charge is 0.237 e. The number of hydrogen-bond donors (Lipinski definition) is 0. The number of ether oxygens (including phenoxy) is 2. The number of carbonyl (C=O) groups excluding carboxylic acids is 1. The molecule has 182 valence electrons. The van der Waals surface area contributed by atoms with Gasteiger partial charge < -0.3 is 14.4 Å². The molecule has 0 N–H and O–H groups in total. The summed E-state index contributed by atoms with van der Waals surface area (Å²) in [5.74, 6) is 0.985. The maximum absolute atomic E-state index is 12.8. The molecule has 34 heavy (non-hydrogen) atoms. The van der Waals surface area contributed by atoms with Crippen LogP contribution < -0.4 is 4.74 Å². The van der Waals surface area contributed by atoms with Gasteiger partial charge in [-0.25, -0.2) is 4.52 Å². The molecule has 7 heteroatoms. The number of rotatable bonds is 8. The summed E-state index contributed by atoms with van der Waals surface area (Å²) < 4.78 is 12.7. The molecule has 0 aliphatic carbocycles. The average molecular weight is 465 g/mol. The van der Waals surface area contributed by atoms with Crippen LogP contribution in [0, 0.1) is 12.3 Å². The Hall–Kier alpha value is -2.90. The van der Waals surface area contributed by atoms with Crippen molar-refractivity contribution in [1.29, 1.82) is 0 Å². The van der Waals surface area contributed by atoms with Gasteiger partial charge in [0.2, 0.25) is 5.91 Å². The lowest BCUT2D eigenvalue weighted by Gasteiger charge is -2.37. The molecule has 7 nitrogen and oxygen atoms in total. The molecule has 0 unspecified atom stereocenters. The van der Waals surface area contributed by atoms with Gasteiger partial charge >= 0.3 is 0 Å². The van der Waals surface area contributed by atoms with Gasteiger partial charge in [0, 0.05) is 51.1 Å². The summed E-state index contributed by atoms with van der Waals surface area (Å²) in [5.41, 5.74) is 5.78. The van der Waals surface area contributed by atoms with Crippen LogP contribution in [-0.4, -0.2) is 71.8 Å². The molecule has 0 saturated carbocycles. The Morgan fingerprint density at radius 1 is 1.09 bits per heavy atom. The first kappa shape index (κ1) is 24.2. The van der Waals surface area contributed by atoms with Crippen LogP contribution in [0.4, 0.5) is 0 Å². The van der Waals surface area contributed by atoms with Crippen molar-refractivity contribution in [2.45, 2.75) is 34.2 Å². The number of piperazine rings is 1. The second-order valence-electron chi connectivity index (χ2n) is 10.3. The molecule has 2 aromatic heterocycles. The first-order chi connectivity index (χ1) is 16.2. The number of nitrogens with zero attached hydrogens (tertiary/aromatic N) is 4. The largest absolute Gasteiger partial charge is 0.489 e. The summed E-state index contributed by atoms with van der Waals surface area (Å²) in [6, 6.07) is 10.5. The standard InChI is InChI=1S/C27H36N4O3/c1-20-14-21(24-8-9-28-31-17-23(15-25(24)31)34-13-12-33-5)6-7-22(20)16-30-11-10-29(18-26(30)32)19-27(2,3)4/h6-9,14-15,17H,10-13,16,18-19H2,1-5H3. The summed E-state index contributed by atoms with van der Waals surface area (Å²) in [6.07, 6.45) is 3.70. The number of carbonyl (C=O) groups is 1. The van der Waals surface area contributed by atoms with Crippen molar-refractivity contribution in [2.24, 2.45) is 5.41 Å². The molecule has 0 atom stereocenters. The molecule has 1 aliphatic rings. The van der Waals surface area contributed by atoms with E-state index in [0.29, 0.717) is 26.3 Å². The minimum absolute atomic E-state index is 0.198. The Balaban J connectivity index is 1.48. The van der Waals surface area contributed by atoms with Crippen LogP contribution in [-0.2, 0) is 16.1 Å². The van der Waals surface area contributed by atoms with E-state index in [4.69, 9.17) is 9.47 Å². The minimum atomic E-state index is 0.198. The molecule has 3 aromatic rings. The van der Waals surface area contributed by atoms with Crippen molar-refractivity contribution in [3.63, 3.8) is 0 Å². The second-order valence-corrected chi connectivity index (χ2v) is 10.3. The normalized spacial score (nSPS) is 15.3. The molecule has 3 heterocycles. The van der Waals surface area contributed by atoms with Gasteiger partial charge in [-0.15, -0.1) is 0 Å². The molecule has 1 aliphatic heterocycles. The molecule has 1 amide bonds. The van der Waals surface area contributed by atoms with Crippen molar-refractivity contribution in [3.8, 4) is 16.9 Å². The highest BCUT2D eigenvalue weighted by molar-refractivity contribution is 5.82. The monoisotopic (exact) mass is 464 g/mol. The lowest BCUT2D eigenvalue weighted by molar-refractivity contribution is -0.137. The lowest BCUT2D eigenvalue weighted by atomic mass is 9.95. The summed E-state index contributed by atoms with van der Waals surface area (Å²) in [4.78, 5) is 17.1. The van der Waals surface area contributed by atoms with Crippen LogP contribution in [0.3, 0.4) is 0 Å². The summed E-state index contributed by atoms with van der Waals surface area (Å²) in [7, 11) is 1.66. The lowest BCUT2D eigenvalue weighted by Crippen LogP contribution is -2.51. The van der Waals surface area contributed by atoms with E-state index < -0.39 is 0 Å². The quantitative estimate of drug-likeness (QED) is 0.471. The van der Waals surface area contributed by atoms with E-state index in [1.807, 2.05) is 27.7 Å². The van der Waals surface area contributed by atoms with Crippen LogP contribution in [0.1, 0.15) is 31.9 Å². The molecular formula is C27H36N4O3. The van der Waals surface area contributed by atoms with Crippen molar-refractivity contribution >= 4 is 11.4 Å². The Labute approximate surface area is 202 Å². The van der Waals surface area contributed by atoms with E-state index in [1.54, 1.807) is 13.3 Å². The van der Waals surface area contributed by atoms with Gasteiger partial charge in [0.1, 0.15) is 12.4 Å². The number of methoxy groups -OCH3 is 1. The second kappa shape index (κ2) is 10.2. The predicted molar refractivity (Wildman–Crippen MR) is 134 cm³/mol. The van der Waals surface area contributed by atoms with Crippen LogP contribution in [0.5, 0.6) is 5.75 Å². The van der Waals surface area contributed by atoms with Gasteiger partial charge in [0.15, 0.2) is 0 Å².